The molecule has 2 atom stereocenters. The number of likely N-dealkylation sites (N-methyl/N-ethyl adjacent to an activating group) is 1. The molecular formula is C21H31N. The summed E-state index contributed by atoms with van der Waals surface area (Å²) in [6, 6.07) is 6.98. The van der Waals surface area contributed by atoms with Crippen molar-refractivity contribution in [2.24, 2.45) is 5.92 Å². The number of allylic oxidation sites excluding steroid dienone is 2. The smallest absolute Gasteiger partial charge is 0.0442 e. The van der Waals surface area contributed by atoms with Crippen molar-refractivity contribution in [3.63, 3.8) is 0 Å². The Balaban J connectivity index is 2.32. The van der Waals surface area contributed by atoms with E-state index < -0.39 is 0 Å². The lowest BCUT2D eigenvalue weighted by Crippen LogP contribution is -2.25. The molecule has 120 valence electrons. The van der Waals surface area contributed by atoms with Gasteiger partial charge in [-0.15, -0.1) is 0 Å². The minimum atomic E-state index is 0.641. The van der Waals surface area contributed by atoms with E-state index in [1.807, 2.05) is 0 Å². The van der Waals surface area contributed by atoms with Crippen molar-refractivity contribution in [2.45, 2.75) is 53.4 Å². The summed E-state index contributed by atoms with van der Waals surface area (Å²) in [5.41, 5.74) is 7.10. The van der Waals surface area contributed by atoms with Crippen LogP contribution in [0.1, 0.15) is 63.1 Å². The van der Waals surface area contributed by atoms with E-state index in [1.165, 1.54) is 35.2 Å². The minimum absolute atomic E-state index is 0.641. The van der Waals surface area contributed by atoms with Crippen molar-refractivity contribution < 1.29 is 0 Å². The lowest BCUT2D eigenvalue weighted by Gasteiger charge is -2.30. The third kappa shape index (κ3) is 3.45. The highest BCUT2D eigenvalue weighted by Gasteiger charge is 2.18. The van der Waals surface area contributed by atoms with Crippen molar-refractivity contribution in [1.29, 1.82) is 0 Å². The van der Waals surface area contributed by atoms with Gasteiger partial charge in [-0.1, -0.05) is 52.0 Å². The van der Waals surface area contributed by atoms with Gasteiger partial charge in [0.25, 0.3) is 0 Å². The van der Waals surface area contributed by atoms with Crippen LogP contribution < -0.4 is 0 Å². The molecule has 1 heterocycles. The van der Waals surface area contributed by atoms with Crippen molar-refractivity contribution in [2.75, 3.05) is 13.6 Å². The second-order valence-electron chi connectivity index (χ2n) is 6.84. The Hall–Kier alpha value is -1.50. The third-order valence-electron chi connectivity index (χ3n) is 5.24. The molecule has 0 saturated carbocycles. The summed E-state index contributed by atoms with van der Waals surface area (Å²) in [4.78, 5) is 2.40. The van der Waals surface area contributed by atoms with Crippen LogP contribution in [0.15, 0.2) is 35.9 Å². The number of hydrogen-bond donors (Lipinski definition) is 0. The zero-order valence-electron chi connectivity index (χ0n) is 15.1. The molecule has 1 aliphatic heterocycles. The lowest BCUT2D eigenvalue weighted by molar-refractivity contribution is 0.476. The Bertz CT molecular complexity index is 580. The molecule has 2 rings (SSSR count). The van der Waals surface area contributed by atoms with E-state index >= 15 is 0 Å². The maximum absolute atomic E-state index is 2.40. The van der Waals surface area contributed by atoms with Gasteiger partial charge in [0.2, 0.25) is 0 Å². The van der Waals surface area contributed by atoms with E-state index in [-0.39, 0.29) is 0 Å². The summed E-state index contributed by atoms with van der Waals surface area (Å²) >= 11 is 0. The van der Waals surface area contributed by atoms with Crippen molar-refractivity contribution in [3.05, 3.63) is 52.6 Å². The van der Waals surface area contributed by atoms with Crippen LogP contribution in [0.5, 0.6) is 0 Å². The lowest BCUT2D eigenvalue weighted by atomic mass is 9.91. The van der Waals surface area contributed by atoms with E-state index in [0.717, 1.165) is 6.54 Å². The average Bonchev–Trinajstić information content (AvgIpc) is 2.53. The second-order valence-corrected chi connectivity index (χ2v) is 6.84. The van der Waals surface area contributed by atoms with Crippen LogP contribution in [0.4, 0.5) is 0 Å². The van der Waals surface area contributed by atoms with Crippen molar-refractivity contribution in [1.82, 2.24) is 4.90 Å². The van der Waals surface area contributed by atoms with Crippen LogP contribution in [0.3, 0.4) is 0 Å². The summed E-state index contributed by atoms with van der Waals surface area (Å²) in [6.45, 7) is 12.4. The summed E-state index contributed by atoms with van der Waals surface area (Å²) in [5.74, 6) is 1.32. The fraction of sp³-hybridized carbons (Fsp3) is 0.524. The Morgan fingerprint density at radius 1 is 1.05 bits per heavy atom. The molecule has 22 heavy (non-hydrogen) atoms. The predicted molar refractivity (Wildman–Crippen MR) is 98.0 cm³/mol. The van der Waals surface area contributed by atoms with Crippen molar-refractivity contribution in [3.8, 4) is 0 Å². The van der Waals surface area contributed by atoms with Gasteiger partial charge in [0.1, 0.15) is 0 Å². The van der Waals surface area contributed by atoms with Crippen molar-refractivity contribution >= 4 is 5.70 Å². The Morgan fingerprint density at radius 3 is 2.27 bits per heavy atom. The molecule has 0 radical (unpaired) electrons. The quantitative estimate of drug-likeness (QED) is 0.667. The largest absolute Gasteiger partial charge is 0.370 e. The van der Waals surface area contributed by atoms with Crippen LogP contribution in [0.25, 0.3) is 5.70 Å². The molecule has 0 amide bonds. The minimum Gasteiger partial charge on any atom is -0.370 e. The SMILES string of the molecule is CCC(C)C1=CC=C(c2ccc(C(C)CC)cc2C)N(C)C1. The van der Waals surface area contributed by atoms with Gasteiger partial charge in [0.15, 0.2) is 0 Å². The molecule has 1 aromatic carbocycles. The molecule has 0 bridgehead atoms. The first-order chi connectivity index (χ1) is 10.5. The first kappa shape index (κ1) is 16.9. The molecule has 2 unspecified atom stereocenters. The van der Waals surface area contributed by atoms with Gasteiger partial charge in [-0.3, -0.25) is 0 Å². The van der Waals surface area contributed by atoms with Crippen LogP contribution in [-0.4, -0.2) is 18.5 Å². The summed E-state index contributed by atoms with van der Waals surface area (Å²) in [5, 5.41) is 0. The average molecular weight is 297 g/mol. The van der Waals surface area contributed by atoms with Crippen LogP contribution >= 0.6 is 0 Å². The first-order valence-electron chi connectivity index (χ1n) is 8.70. The summed E-state index contributed by atoms with van der Waals surface area (Å²) in [7, 11) is 2.21. The molecule has 1 aromatic rings. The predicted octanol–water partition coefficient (Wildman–Crippen LogP) is 5.77. The fourth-order valence-corrected chi connectivity index (χ4v) is 3.12. The van der Waals surface area contributed by atoms with Gasteiger partial charge in [-0.25, -0.2) is 0 Å². The molecule has 0 aliphatic carbocycles. The Kier molecular flexibility index (Phi) is 5.50. The molecule has 0 spiro atoms. The van der Waals surface area contributed by atoms with Gasteiger partial charge < -0.3 is 4.90 Å². The van der Waals surface area contributed by atoms with E-state index in [4.69, 9.17) is 0 Å². The van der Waals surface area contributed by atoms with Crippen LogP contribution in [0, 0.1) is 12.8 Å². The number of hydrogen-bond acceptors (Lipinski definition) is 1. The monoisotopic (exact) mass is 297 g/mol. The topological polar surface area (TPSA) is 3.24 Å². The molecule has 1 nitrogen and oxygen atoms in total. The normalized spacial score (nSPS) is 17.8. The number of aryl methyl sites for hydroxylation is 1. The number of rotatable bonds is 5. The maximum atomic E-state index is 2.40. The molecule has 0 aromatic heterocycles. The fourth-order valence-electron chi connectivity index (χ4n) is 3.12. The molecule has 1 aliphatic rings. The molecule has 0 N–H and O–H groups in total. The Labute approximate surface area is 136 Å². The van der Waals surface area contributed by atoms with E-state index in [9.17, 15) is 0 Å². The zero-order chi connectivity index (χ0) is 16.3. The molecular weight excluding hydrogens is 266 g/mol. The van der Waals surface area contributed by atoms with Gasteiger partial charge in [0.05, 0.1) is 0 Å². The highest BCUT2D eigenvalue weighted by atomic mass is 15.1. The van der Waals surface area contributed by atoms with Gasteiger partial charge in [-0.2, -0.15) is 0 Å². The number of nitrogens with zero attached hydrogens (tertiary/aromatic N) is 1. The summed E-state index contributed by atoms with van der Waals surface area (Å²) < 4.78 is 0. The van der Waals surface area contributed by atoms with E-state index in [1.54, 1.807) is 5.57 Å². The maximum Gasteiger partial charge on any atom is 0.0442 e. The van der Waals surface area contributed by atoms with Crippen LogP contribution in [-0.2, 0) is 0 Å². The Morgan fingerprint density at radius 2 is 1.73 bits per heavy atom. The zero-order valence-corrected chi connectivity index (χ0v) is 15.1. The van der Waals surface area contributed by atoms with Crippen LogP contribution in [0.2, 0.25) is 0 Å². The van der Waals surface area contributed by atoms with E-state index in [2.05, 4.69) is 76.9 Å². The number of benzene rings is 1. The second kappa shape index (κ2) is 7.17. The first-order valence-corrected chi connectivity index (χ1v) is 8.70. The molecule has 1 heteroatoms. The molecule has 0 saturated heterocycles. The highest BCUT2D eigenvalue weighted by molar-refractivity contribution is 5.70. The van der Waals surface area contributed by atoms with Gasteiger partial charge in [-0.05, 0) is 54.4 Å². The van der Waals surface area contributed by atoms with E-state index in [0.29, 0.717) is 11.8 Å². The molecule has 0 fully saturated rings. The third-order valence-corrected chi connectivity index (χ3v) is 5.24. The standard InChI is InChI=1S/C21H31N/c1-7-15(3)18-9-11-20(17(5)13-18)21-12-10-19(14-22(21)6)16(4)8-2/h9-13,15-16H,7-8,14H2,1-6H3. The summed E-state index contributed by atoms with van der Waals surface area (Å²) in [6.07, 6.45) is 7.05. The van der Waals surface area contributed by atoms with Gasteiger partial charge in [0, 0.05) is 24.9 Å². The highest BCUT2D eigenvalue weighted by Crippen LogP contribution is 2.30. The van der Waals surface area contributed by atoms with Gasteiger partial charge >= 0.3 is 0 Å².